The van der Waals surface area contributed by atoms with Crippen LogP contribution in [-0.4, -0.2) is 23.1 Å². The average Bonchev–Trinajstić information content (AvgIpc) is 2.75. The van der Waals surface area contributed by atoms with Gasteiger partial charge in [-0.15, -0.1) is 0 Å². The van der Waals surface area contributed by atoms with Crippen LogP contribution in [0.15, 0.2) is 54.6 Å². The summed E-state index contributed by atoms with van der Waals surface area (Å²) in [5, 5.41) is 15.5. The molecule has 1 aromatic heterocycles. The van der Waals surface area contributed by atoms with Crippen LogP contribution < -0.4 is 15.5 Å². The maximum absolute atomic E-state index is 8.92. The predicted octanol–water partition coefficient (Wildman–Crippen LogP) is 5.13. The molecule has 4 rings (SSSR count). The minimum Gasteiger partial charge on any atom is -0.372 e. The average molecular weight is 384 g/mol. The van der Waals surface area contributed by atoms with Crippen LogP contribution in [0.5, 0.6) is 0 Å². The van der Waals surface area contributed by atoms with Gasteiger partial charge in [-0.1, -0.05) is 0 Å². The van der Waals surface area contributed by atoms with Crippen LogP contribution in [0.25, 0.3) is 0 Å². The number of nitrogens with one attached hydrogen (secondary N) is 2. The summed E-state index contributed by atoms with van der Waals surface area (Å²) in [6.45, 7) is 4.22. The number of hydrogen-bond donors (Lipinski definition) is 2. The molecule has 1 aliphatic heterocycles. The summed E-state index contributed by atoms with van der Waals surface area (Å²) in [6, 6.07) is 19.8. The molecular formula is C23H24N6. The standard InChI is InChI=1S/C23H24N6/c1-17-15-22(28-23(25-17)27-20-7-5-18(16-24)6-8-20)26-19-9-11-21(12-10-19)29-13-3-2-4-14-29/h5-12,15H,2-4,13-14H2,1H3,(H2,25,26,27,28). The molecule has 0 unspecified atom stereocenters. The van der Waals surface area contributed by atoms with Crippen molar-refractivity contribution in [3.8, 4) is 6.07 Å². The lowest BCUT2D eigenvalue weighted by Crippen LogP contribution is -2.29. The van der Waals surface area contributed by atoms with Crippen molar-refractivity contribution in [2.24, 2.45) is 0 Å². The number of hydrogen-bond acceptors (Lipinski definition) is 6. The molecule has 6 heteroatoms. The van der Waals surface area contributed by atoms with Crippen molar-refractivity contribution in [3.05, 3.63) is 65.9 Å². The van der Waals surface area contributed by atoms with Crippen molar-refractivity contribution >= 4 is 28.8 Å². The fourth-order valence-corrected chi connectivity index (χ4v) is 3.50. The Morgan fingerprint density at radius 3 is 2.21 bits per heavy atom. The van der Waals surface area contributed by atoms with E-state index >= 15 is 0 Å². The van der Waals surface area contributed by atoms with Gasteiger partial charge in [-0.05, 0) is 74.7 Å². The Bertz CT molecular complexity index is 999. The SMILES string of the molecule is Cc1cc(Nc2ccc(N3CCCCC3)cc2)nc(Nc2ccc(C#N)cc2)n1. The van der Waals surface area contributed by atoms with E-state index in [2.05, 4.69) is 55.8 Å². The number of benzene rings is 2. The fraction of sp³-hybridized carbons (Fsp3) is 0.261. The maximum atomic E-state index is 8.92. The molecule has 0 spiro atoms. The first-order valence-corrected chi connectivity index (χ1v) is 9.94. The van der Waals surface area contributed by atoms with Crippen LogP contribution in [0.4, 0.5) is 28.8 Å². The third kappa shape index (κ3) is 4.82. The molecule has 2 aromatic carbocycles. The Kier molecular flexibility index (Phi) is 5.57. The number of nitriles is 1. The molecule has 1 aliphatic rings. The number of nitrogens with zero attached hydrogens (tertiary/aromatic N) is 4. The van der Waals surface area contributed by atoms with E-state index in [1.54, 1.807) is 12.1 Å². The van der Waals surface area contributed by atoms with Crippen LogP contribution in [0.1, 0.15) is 30.5 Å². The fourth-order valence-electron chi connectivity index (χ4n) is 3.50. The van der Waals surface area contributed by atoms with E-state index in [0.717, 1.165) is 36.0 Å². The Morgan fingerprint density at radius 2 is 1.52 bits per heavy atom. The Hall–Kier alpha value is -3.59. The zero-order valence-corrected chi connectivity index (χ0v) is 16.5. The molecule has 0 saturated carbocycles. The van der Waals surface area contributed by atoms with Gasteiger partial charge >= 0.3 is 0 Å². The summed E-state index contributed by atoms with van der Waals surface area (Å²) in [4.78, 5) is 11.5. The molecule has 0 bridgehead atoms. The van der Waals surface area contributed by atoms with Crippen LogP contribution in [-0.2, 0) is 0 Å². The lowest BCUT2D eigenvalue weighted by atomic mass is 10.1. The maximum Gasteiger partial charge on any atom is 0.229 e. The molecule has 0 atom stereocenters. The zero-order chi connectivity index (χ0) is 20.1. The van der Waals surface area contributed by atoms with Crippen molar-refractivity contribution in [2.75, 3.05) is 28.6 Å². The second-order valence-corrected chi connectivity index (χ2v) is 7.25. The quantitative estimate of drug-likeness (QED) is 0.635. The van der Waals surface area contributed by atoms with Gasteiger partial charge in [0, 0.05) is 41.9 Å². The van der Waals surface area contributed by atoms with Gasteiger partial charge in [-0.3, -0.25) is 0 Å². The third-order valence-corrected chi connectivity index (χ3v) is 4.99. The monoisotopic (exact) mass is 384 g/mol. The highest BCUT2D eigenvalue weighted by atomic mass is 15.1. The number of rotatable bonds is 5. The lowest BCUT2D eigenvalue weighted by molar-refractivity contribution is 0.578. The second-order valence-electron chi connectivity index (χ2n) is 7.25. The molecule has 146 valence electrons. The van der Waals surface area contributed by atoms with E-state index in [0.29, 0.717) is 11.5 Å². The highest BCUT2D eigenvalue weighted by molar-refractivity contribution is 5.63. The predicted molar refractivity (Wildman–Crippen MR) is 117 cm³/mol. The zero-order valence-electron chi connectivity index (χ0n) is 16.5. The lowest BCUT2D eigenvalue weighted by Gasteiger charge is -2.28. The highest BCUT2D eigenvalue weighted by Crippen LogP contribution is 2.24. The number of anilines is 5. The van der Waals surface area contributed by atoms with Crippen molar-refractivity contribution in [2.45, 2.75) is 26.2 Å². The Morgan fingerprint density at radius 1 is 0.862 bits per heavy atom. The van der Waals surface area contributed by atoms with Crippen molar-refractivity contribution < 1.29 is 0 Å². The normalized spacial score (nSPS) is 13.6. The van der Waals surface area contributed by atoms with Gasteiger partial charge in [-0.2, -0.15) is 10.2 Å². The number of aryl methyl sites for hydroxylation is 1. The molecule has 0 radical (unpaired) electrons. The molecule has 2 heterocycles. The van der Waals surface area contributed by atoms with Gasteiger partial charge < -0.3 is 15.5 Å². The van der Waals surface area contributed by atoms with Gasteiger partial charge in [0.05, 0.1) is 11.6 Å². The summed E-state index contributed by atoms with van der Waals surface area (Å²) in [5.74, 6) is 1.25. The summed E-state index contributed by atoms with van der Waals surface area (Å²) < 4.78 is 0. The summed E-state index contributed by atoms with van der Waals surface area (Å²) >= 11 is 0. The first-order valence-electron chi connectivity index (χ1n) is 9.94. The van der Waals surface area contributed by atoms with Crippen LogP contribution in [0, 0.1) is 18.3 Å². The molecule has 2 N–H and O–H groups in total. The molecule has 1 saturated heterocycles. The van der Waals surface area contributed by atoms with Crippen molar-refractivity contribution in [1.29, 1.82) is 5.26 Å². The summed E-state index contributed by atoms with van der Waals surface area (Å²) in [5.41, 5.74) is 4.59. The smallest absolute Gasteiger partial charge is 0.229 e. The number of aromatic nitrogens is 2. The van der Waals surface area contributed by atoms with Crippen molar-refractivity contribution in [3.63, 3.8) is 0 Å². The Labute approximate surface area is 171 Å². The van der Waals surface area contributed by atoms with Gasteiger partial charge in [0.1, 0.15) is 5.82 Å². The van der Waals surface area contributed by atoms with Crippen LogP contribution >= 0.6 is 0 Å². The first-order chi connectivity index (χ1) is 14.2. The first kappa shape index (κ1) is 18.8. The van der Waals surface area contributed by atoms with E-state index in [1.807, 2.05) is 25.1 Å². The minimum atomic E-state index is 0.516. The topological polar surface area (TPSA) is 76.9 Å². The molecule has 3 aromatic rings. The molecule has 0 aliphatic carbocycles. The molecule has 1 fully saturated rings. The summed E-state index contributed by atoms with van der Waals surface area (Å²) in [7, 11) is 0. The number of piperidine rings is 1. The van der Waals surface area contributed by atoms with E-state index in [4.69, 9.17) is 5.26 Å². The molecule has 29 heavy (non-hydrogen) atoms. The third-order valence-electron chi connectivity index (χ3n) is 4.99. The van der Waals surface area contributed by atoms with Gasteiger partial charge in [0.25, 0.3) is 0 Å². The van der Waals surface area contributed by atoms with Gasteiger partial charge in [0.2, 0.25) is 5.95 Å². The van der Waals surface area contributed by atoms with E-state index in [1.165, 1.54) is 24.9 Å². The van der Waals surface area contributed by atoms with E-state index < -0.39 is 0 Å². The van der Waals surface area contributed by atoms with Gasteiger partial charge in [-0.25, -0.2) is 4.98 Å². The van der Waals surface area contributed by atoms with Gasteiger partial charge in [0.15, 0.2) is 0 Å². The van der Waals surface area contributed by atoms with E-state index in [9.17, 15) is 0 Å². The highest BCUT2D eigenvalue weighted by Gasteiger charge is 2.11. The molecule has 6 nitrogen and oxygen atoms in total. The second kappa shape index (κ2) is 8.61. The van der Waals surface area contributed by atoms with Crippen molar-refractivity contribution in [1.82, 2.24) is 9.97 Å². The molecular weight excluding hydrogens is 360 g/mol. The van der Waals surface area contributed by atoms with Crippen LogP contribution in [0.3, 0.4) is 0 Å². The largest absolute Gasteiger partial charge is 0.372 e. The van der Waals surface area contributed by atoms with E-state index in [-0.39, 0.29) is 0 Å². The Balaban J connectivity index is 1.46. The molecule has 0 amide bonds. The summed E-state index contributed by atoms with van der Waals surface area (Å²) in [6.07, 6.45) is 3.88. The minimum absolute atomic E-state index is 0.516. The van der Waals surface area contributed by atoms with Crippen LogP contribution in [0.2, 0.25) is 0 Å².